The van der Waals surface area contributed by atoms with Crippen molar-refractivity contribution in [3.05, 3.63) is 18.2 Å². The molecule has 0 aliphatic carbocycles. The Labute approximate surface area is 89.9 Å². The quantitative estimate of drug-likeness (QED) is 0.723. The van der Waals surface area contributed by atoms with E-state index in [9.17, 15) is 0 Å². The highest BCUT2D eigenvalue weighted by Gasteiger charge is 2.09. The fourth-order valence-electron chi connectivity index (χ4n) is 1.24. The van der Waals surface area contributed by atoms with E-state index in [1.807, 2.05) is 18.2 Å². The van der Waals surface area contributed by atoms with Gasteiger partial charge in [0.2, 0.25) is 5.75 Å². The number of nitrogens with two attached hydrogens (primary N) is 1. The van der Waals surface area contributed by atoms with E-state index in [1.165, 1.54) is 0 Å². The molecule has 1 aromatic carbocycles. The molecule has 0 bridgehead atoms. The Balaban J connectivity index is 2.76. The summed E-state index contributed by atoms with van der Waals surface area (Å²) in [7, 11) is 3.19. The molecule has 1 rings (SSSR count). The molecule has 0 aliphatic rings. The molecular formula is C11H17NO3. The number of hydrogen-bond acceptors (Lipinski definition) is 4. The second-order valence-electron chi connectivity index (χ2n) is 2.98. The molecule has 15 heavy (non-hydrogen) atoms. The molecule has 0 spiro atoms. The minimum Gasteiger partial charge on any atom is -0.493 e. The van der Waals surface area contributed by atoms with Gasteiger partial charge >= 0.3 is 0 Å². The molecule has 1 aromatic rings. The number of ether oxygens (including phenoxy) is 3. The standard InChI is InChI=1S/C11H17NO3/c1-13-9-5-3-6-10(11(9)14-2)15-8-4-7-12/h3,5-6H,4,7-8,12H2,1-2H3. The lowest BCUT2D eigenvalue weighted by Crippen LogP contribution is -2.06. The first-order valence-electron chi connectivity index (χ1n) is 4.87. The summed E-state index contributed by atoms with van der Waals surface area (Å²) in [5.74, 6) is 1.98. The van der Waals surface area contributed by atoms with Crippen LogP contribution in [0.1, 0.15) is 6.42 Å². The highest BCUT2D eigenvalue weighted by atomic mass is 16.5. The van der Waals surface area contributed by atoms with Crippen molar-refractivity contribution >= 4 is 0 Å². The molecule has 0 fully saturated rings. The van der Waals surface area contributed by atoms with E-state index >= 15 is 0 Å². The van der Waals surface area contributed by atoms with Gasteiger partial charge in [0.15, 0.2) is 11.5 Å². The van der Waals surface area contributed by atoms with Gasteiger partial charge in [0, 0.05) is 0 Å². The van der Waals surface area contributed by atoms with Gasteiger partial charge in [0.1, 0.15) is 0 Å². The smallest absolute Gasteiger partial charge is 0.203 e. The van der Waals surface area contributed by atoms with Gasteiger partial charge in [-0.15, -0.1) is 0 Å². The van der Waals surface area contributed by atoms with Gasteiger partial charge < -0.3 is 19.9 Å². The van der Waals surface area contributed by atoms with Crippen LogP contribution in [0.2, 0.25) is 0 Å². The van der Waals surface area contributed by atoms with Gasteiger partial charge in [0.25, 0.3) is 0 Å². The van der Waals surface area contributed by atoms with Crippen LogP contribution >= 0.6 is 0 Å². The Morgan fingerprint density at radius 3 is 2.47 bits per heavy atom. The first-order chi connectivity index (χ1) is 7.33. The highest BCUT2D eigenvalue weighted by molar-refractivity contribution is 5.50. The van der Waals surface area contributed by atoms with Crippen LogP contribution in [-0.4, -0.2) is 27.4 Å². The normalized spacial score (nSPS) is 9.80. The lowest BCUT2D eigenvalue weighted by atomic mass is 10.3. The molecular weight excluding hydrogens is 194 g/mol. The van der Waals surface area contributed by atoms with E-state index < -0.39 is 0 Å². The molecule has 0 saturated heterocycles. The van der Waals surface area contributed by atoms with Crippen LogP contribution in [0.25, 0.3) is 0 Å². The Morgan fingerprint density at radius 2 is 1.87 bits per heavy atom. The first-order valence-corrected chi connectivity index (χ1v) is 4.87. The summed E-state index contributed by atoms with van der Waals surface area (Å²) in [4.78, 5) is 0. The van der Waals surface area contributed by atoms with Crippen molar-refractivity contribution in [3.8, 4) is 17.2 Å². The van der Waals surface area contributed by atoms with Crippen molar-refractivity contribution in [2.75, 3.05) is 27.4 Å². The zero-order valence-electron chi connectivity index (χ0n) is 9.16. The summed E-state index contributed by atoms with van der Waals surface area (Å²) in [5, 5.41) is 0. The first kappa shape index (κ1) is 11.7. The zero-order chi connectivity index (χ0) is 11.1. The maximum atomic E-state index is 5.53. The fraction of sp³-hybridized carbons (Fsp3) is 0.455. The SMILES string of the molecule is COc1cccc(OCCCN)c1OC. The number of benzene rings is 1. The summed E-state index contributed by atoms with van der Waals surface area (Å²) in [6.45, 7) is 1.20. The molecule has 2 N–H and O–H groups in total. The molecule has 0 aromatic heterocycles. The van der Waals surface area contributed by atoms with Gasteiger partial charge in [-0.3, -0.25) is 0 Å². The number of para-hydroxylation sites is 1. The van der Waals surface area contributed by atoms with Crippen molar-refractivity contribution in [2.24, 2.45) is 5.73 Å². The molecule has 0 unspecified atom stereocenters. The predicted octanol–water partition coefficient (Wildman–Crippen LogP) is 1.43. The molecule has 0 aliphatic heterocycles. The van der Waals surface area contributed by atoms with E-state index in [1.54, 1.807) is 14.2 Å². The van der Waals surface area contributed by atoms with Gasteiger partial charge in [-0.25, -0.2) is 0 Å². The molecule has 84 valence electrons. The van der Waals surface area contributed by atoms with Crippen LogP contribution in [0.15, 0.2) is 18.2 Å². The van der Waals surface area contributed by atoms with Crippen LogP contribution in [0.3, 0.4) is 0 Å². The maximum absolute atomic E-state index is 5.53. The van der Waals surface area contributed by atoms with E-state index in [0.29, 0.717) is 30.4 Å². The van der Waals surface area contributed by atoms with Crippen LogP contribution in [0.4, 0.5) is 0 Å². The van der Waals surface area contributed by atoms with Gasteiger partial charge in [-0.1, -0.05) is 6.07 Å². The van der Waals surface area contributed by atoms with Crippen LogP contribution in [-0.2, 0) is 0 Å². The van der Waals surface area contributed by atoms with Gasteiger partial charge in [0.05, 0.1) is 20.8 Å². The monoisotopic (exact) mass is 211 g/mol. The Hall–Kier alpha value is -1.42. The van der Waals surface area contributed by atoms with Gasteiger partial charge in [-0.05, 0) is 25.1 Å². The average Bonchev–Trinajstić information content (AvgIpc) is 2.29. The lowest BCUT2D eigenvalue weighted by Gasteiger charge is -2.12. The van der Waals surface area contributed by atoms with Crippen molar-refractivity contribution in [2.45, 2.75) is 6.42 Å². The van der Waals surface area contributed by atoms with Crippen molar-refractivity contribution in [1.82, 2.24) is 0 Å². The van der Waals surface area contributed by atoms with E-state index in [0.717, 1.165) is 6.42 Å². The number of rotatable bonds is 6. The van der Waals surface area contributed by atoms with Crippen LogP contribution in [0, 0.1) is 0 Å². The van der Waals surface area contributed by atoms with Gasteiger partial charge in [-0.2, -0.15) is 0 Å². The zero-order valence-corrected chi connectivity index (χ0v) is 9.16. The topological polar surface area (TPSA) is 53.7 Å². The lowest BCUT2D eigenvalue weighted by molar-refractivity contribution is 0.281. The summed E-state index contributed by atoms with van der Waals surface area (Å²) in [5.41, 5.74) is 5.38. The molecule has 4 heteroatoms. The second kappa shape index (κ2) is 6.14. The number of methoxy groups -OCH3 is 2. The third kappa shape index (κ3) is 3.02. The average molecular weight is 211 g/mol. The predicted molar refractivity (Wildman–Crippen MR) is 58.7 cm³/mol. The van der Waals surface area contributed by atoms with Crippen LogP contribution in [0.5, 0.6) is 17.2 Å². The highest BCUT2D eigenvalue weighted by Crippen LogP contribution is 2.36. The maximum Gasteiger partial charge on any atom is 0.203 e. The molecule has 0 saturated carbocycles. The molecule has 4 nitrogen and oxygen atoms in total. The Morgan fingerprint density at radius 1 is 1.13 bits per heavy atom. The van der Waals surface area contributed by atoms with Crippen molar-refractivity contribution < 1.29 is 14.2 Å². The molecule has 0 radical (unpaired) electrons. The molecule has 0 amide bonds. The third-order valence-corrected chi connectivity index (χ3v) is 1.97. The van der Waals surface area contributed by atoms with E-state index in [2.05, 4.69) is 0 Å². The molecule has 0 heterocycles. The van der Waals surface area contributed by atoms with Crippen LogP contribution < -0.4 is 19.9 Å². The Bertz CT molecular complexity index is 302. The summed E-state index contributed by atoms with van der Waals surface area (Å²) in [6, 6.07) is 5.53. The minimum absolute atomic E-state index is 0.583. The van der Waals surface area contributed by atoms with E-state index in [4.69, 9.17) is 19.9 Å². The third-order valence-electron chi connectivity index (χ3n) is 1.97. The second-order valence-corrected chi connectivity index (χ2v) is 2.98. The Kier molecular flexibility index (Phi) is 4.77. The summed E-state index contributed by atoms with van der Waals surface area (Å²) < 4.78 is 15.9. The fourth-order valence-corrected chi connectivity index (χ4v) is 1.24. The summed E-state index contributed by atoms with van der Waals surface area (Å²) >= 11 is 0. The number of hydrogen-bond donors (Lipinski definition) is 1. The van der Waals surface area contributed by atoms with E-state index in [-0.39, 0.29) is 0 Å². The summed E-state index contributed by atoms with van der Waals surface area (Å²) in [6.07, 6.45) is 0.820. The minimum atomic E-state index is 0.583. The molecule has 0 atom stereocenters. The van der Waals surface area contributed by atoms with Crippen molar-refractivity contribution in [1.29, 1.82) is 0 Å². The van der Waals surface area contributed by atoms with Crippen molar-refractivity contribution in [3.63, 3.8) is 0 Å². The largest absolute Gasteiger partial charge is 0.493 e.